The average molecular weight is 306 g/mol. The largest absolute Gasteiger partial charge is 0.493 e. The van der Waals surface area contributed by atoms with Gasteiger partial charge in [0, 0.05) is 37.8 Å². The van der Waals surface area contributed by atoms with Crippen molar-refractivity contribution in [3.05, 3.63) is 30.4 Å². The number of ether oxygens (including phenoxy) is 3. The number of nitrogens with one attached hydrogen (secondary N) is 1. The monoisotopic (exact) mass is 306 g/mol. The van der Waals surface area contributed by atoms with Crippen molar-refractivity contribution >= 4 is 0 Å². The predicted molar refractivity (Wildman–Crippen MR) is 88.1 cm³/mol. The van der Waals surface area contributed by atoms with Gasteiger partial charge in [0.1, 0.15) is 0 Å². The molecular weight excluding hydrogens is 280 g/mol. The number of methoxy groups -OCH3 is 3. The molecule has 0 radical (unpaired) electrons. The quantitative estimate of drug-likeness (QED) is 0.783. The van der Waals surface area contributed by atoms with Crippen LogP contribution in [-0.2, 0) is 0 Å². The highest BCUT2D eigenvalue weighted by Gasteiger charge is 2.27. The van der Waals surface area contributed by atoms with Crippen molar-refractivity contribution in [1.82, 2.24) is 10.2 Å². The van der Waals surface area contributed by atoms with Crippen LogP contribution >= 0.6 is 0 Å². The van der Waals surface area contributed by atoms with Crippen LogP contribution in [-0.4, -0.2) is 52.4 Å². The van der Waals surface area contributed by atoms with Crippen LogP contribution in [0.15, 0.2) is 24.8 Å². The maximum atomic E-state index is 5.65. The van der Waals surface area contributed by atoms with E-state index in [-0.39, 0.29) is 6.04 Å². The number of nitrogens with zero attached hydrogens (tertiary/aromatic N) is 1. The Hall–Kier alpha value is -1.72. The third-order valence-electron chi connectivity index (χ3n) is 4.08. The van der Waals surface area contributed by atoms with Gasteiger partial charge in [-0.15, -0.1) is 6.58 Å². The fourth-order valence-corrected chi connectivity index (χ4v) is 3.01. The molecule has 1 aliphatic heterocycles. The Morgan fingerprint density at radius 3 is 2.36 bits per heavy atom. The second-order valence-corrected chi connectivity index (χ2v) is 5.25. The molecule has 1 heterocycles. The number of hydrogen-bond donors (Lipinski definition) is 1. The van der Waals surface area contributed by atoms with E-state index in [0.29, 0.717) is 11.5 Å². The minimum Gasteiger partial charge on any atom is -0.493 e. The highest BCUT2D eigenvalue weighted by Crippen LogP contribution is 2.44. The van der Waals surface area contributed by atoms with Crippen molar-refractivity contribution in [2.45, 2.75) is 12.5 Å². The van der Waals surface area contributed by atoms with E-state index < -0.39 is 0 Å². The zero-order valence-electron chi connectivity index (χ0n) is 13.7. The first kappa shape index (κ1) is 16.6. The Balaban J connectivity index is 2.43. The summed E-state index contributed by atoms with van der Waals surface area (Å²) in [5, 5.41) is 3.39. The molecule has 1 N–H and O–H groups in total. The van der Waals surface area contributed by atoms with Crippen molar-refractivity contribution in [1.29, 1.82) is 0 Å². The molecular formula is C17H26N2O3. The fraction of sp³-hybridized carbons (Fsp3) is 0.529. The summed E-state index contributed by atoms with van der Waals surface area (Å²) in [5.74, 6) is 2.07. The van der Waals surface area contributed by atoms with Crippen molar-refractivity contribution in [3.63, 3.8) is 0 Å². The van der Waals surface area contributed by atoms with E-state index in [4.69, 9.17) is 14.2 Å². The summed E-state index contributed by atoms with van der Waals surface area (Å²) >= 11 is 0. The molecule has 0 amide bonds. The molecule has 1 aliphatic rings. The second-order valence-electron chi connectivity index (χ2n) is 5.25. The lowest BCUT2D eigenvalue weighted by molar-refractivity contribution is 0.170. The summed E-state index contributed by atoms with van der Waals surface area (Å²) in [4.78, 5) is 2.46. The van der Waals surface area contributed by atoms with Gasteiger partial charge in [-0.1, -0.05) is 6.08 Å². The lowest BCUT2D eigenvalue weighted by Crippen LogP contribution is -2.45. The van der Waals surface area contributed by atoms with Crippen molar-refractivity contribution in [2.24, 2.45) is 0 Å². The third kappa shape index (κ3) is 3.36. The molecule has 1 fully saturated rings. The van der Waals surface area contributed by atoms with Gasteiger partial charge in [-0.05, 0) is 18.6 Å². The molecule has 5 heteroatoms. The Kier molecular flexibility index (Phi) is 6.10. The minimum atomic E-state index is 0.231. The lowest BCUT2D eigenvalue weighted by atomic mass is 9.99. The smallest absolute Gasteiger partial charge is 0.203 e. The van der Waals surface area contributed by atoms with Gasteiger partial charge >= 0.3 is 0 Å². The van der Waals surface area contributed by atoms with Crippen molar-refractivity contribution in [2.75, 3.05) is 47.5 Å². The van der Waals surface area contributed by atoms with Crippen LogP contribution < -0.4 is 19.5 Å². The van der Waals surface area contributed by atoms with Crippen LogP contribution in [0.2, 0.25) is 0 Å². The molecule has 1 aromatic rings. The van der Waals surface area contributed by atoms with Crippen LogP contribution in [0.25, 0.3) is 0 Å². The molecule has 22 heavy (non-hydrogen) atoms. The molecule has 2 rings (SSSR count). The molecule has 0 aromatic heterocycles. The van der Waals surface area contributed by atoms with E-state index >= 15 is 0 Å². The van der Waals surface area contributed by atoms with Gasteiger partial charge in [0.25, 0.3) is 0 Å². The van der Waals surface area contributed by atoms with Gasteiger partial charge in [-0.3, -0.25) is 4.90 Å². The minimum absolute atomic E-state index is 0.231. The van der Waals surface area contributed by atoms with Crippen LogP contribution in [0.3, 0.4) is 0 Å². The fourth-order valence-electron chi connectivity index (χ4n) is 3.01. The zero-order chi connectivity index (χ0) is 15.9. The van der Waals surface area contributed by atoms with Crippen LogP contribution in [0.1, 0.15) is 18.0 Å². The number of rotatable bonds is 7. The Morgan fingerprint density at radius 2 is 1.82 bits per heavy atom. The zero-order valence-corrected chi connectivity index (χ0v) is 13.7. The highest BCUT2D eigenvalue weighted by atomic mass is 16.5. The summed E-state index contributed by atoms with van der Waals surface area (Å²) in [6, 6.07) is 4.24. The summed E-state index contributed by atoms with van der Waals surface area (Å²) in [7, 11) is 4.94. The van der Waals surface area contributed by atoms with E-state index in [1.807, 2.05) is 12.1 Å². The number of hydrogen-bond acceptors (Lipinski definition) is 5. The standard InChI is InChI=1S/C17H26N2O3/c1-5-6-14(19-11-9-18-10-12-19)13-7-8-15(20-2)17(22-4)16(13)21-3/h5,7-8,14,18H,1,6,9-12H2,2-4H3/t14-/m1/s1. The highest BCUT2D eigenvalue weighted by molar-refractivity contribution is 5.56. The first-order chi connectivity index (χ1) is 10.8. The summed E-state index contributed by atoms with van der Waals surface area (Å²) in [6.07, 6.45) is 2.83. The predicted octanol–water partition coefficient (Wildman–Crippen LogP) is 2.23. The molecule has 0 unspecified atom stereocenters. The molecule has 0 spiro atoms. The molecule has 122 valence electrons. The van der Waals surface area contributed by atoms with Crippen LogP contribution in [0.5, 0.6) is 17.2 Å². The van der Waals surface area contributed by atoms with Crippen LogP contribution in [0, 0.1) is 0 Å². The summed E-state index contributed by atoms with van der Waals surface area (Å²) in [5.41, 5.74) is 1.11. The van der Waals surface area contributed by atoms with Crippen LogP contribution in [0.4, 0.5) is 0 Å². The average Bonchev–Trinajstić information content (AvgIpc) is 2.59. The summed E-state index contributed by atoms with van der Waals surface area (Å²) < 4.78 is 16.5. The molecule has 1 atom stereocenters. The van der Waals surface area contributed by atoms with Gasteiger partial charge in [0.2, 0.25) is 5.75 Å². The normalized spacial score (nSPS) is 16.9. The first-order valence-corrected chi connectivity index (χ1v) is 7.61. The van der Waals surface area contributed by atoms with Gasteiger partial charge in [-0.2, -0.15) is 0 Å². The Morgan fingerprint density at radius 1 is 1.14 bits per heavy atom. The molecule has 0 bridgehead atoms. The number of piperazine rings is 1. The molecule has 0 aliphatic carbocycles. The lowest BCUT2D eigenvalue weighted by Gasteiger charge is -2.35. The topological polar surface area (TPSA) is 43.0 Å². The van der Waals surface area contributed by atoms with Gasteiger partial charge in [0.15, 0.2) is 11.5 Å². The Labute approximate surface area is 132 Å². The van der Waals surface area contributed by atoms with E-state index in [1.54, 1.807) is 21.3 Å². The second kappa shape index (κ2) is 8.06. The SMILES string of the molecule is C=CC[C@H](c1ccc(OC)c(OC)c1OC)N1CCNCC1. The molecule has 5 nitrogen and oxygen atoms in total. The maximum absolute atomic E-state index is 5.65. The van der Waals surface area contributed by atoms with Gasteiger partial charge in [-0.25, -0.2) is 0 Å². The number of benzene rings is 1. The van der Waals surface area contributed by atoms with Gasteiger partial charge in [0.05, 0.1) is 21.3 Å². The van der Waals surface area contributed by atoms with E-state index in [1.165, 1.54) is 0 Å². The van der Waals surface area contributed by atoms with Crippen molar-refractivity contribution < 1.29 is 14.2 Å². The van der Waals surface area contributed by atoms with E-state index in [2.05, 4.69) is 22.9 Å². The summed E-state index contributed by atoms with van der Waals surface area (Å²) in [6.45, 7) is 7.94. The van der Waals surface area contributed by atoms with Gasteiger partial charge < -0.3 is 19.5 Å². The first-order valence-electron chi connectivity index (χ1n) is 7.61. The maximum Gasteiger partial charge on any atom is 0.203 e. The molecule has 1 saturated heterocycles. The van der Waals surface area contributed by atoms with Crippen molar-refractivity contribution in [3.8, 4) is 17.2 Å². The van der Waals surface area contributed by atoms with E-state index in [9.17, 15) is 0 Å². The van der Waals surface area contributed by atoms with E-state index in [0.717, 1.165) is 43.9 Å². The Bertz CT molecular complexity index is 499. The molecule has 1 aromatic carbocycles. The third-order valence-corrected chi connectivity index (χ3v) is 4.08. The molecule has 0 saturated carbocycles.